The largest absolute Gasteiger partial charge is 0.352 e. The molecule has 1 aromatic heterocycles. The van der Waals surface area contributed by atoms with Gasteiger partial charge in [-0.1, -0.05) is 32.9 Å². The highest BCUT2D eigenvalue weighted by Gasteiger charge is 2.23. The number of thiazole rings is 1. The van der Waals surface area contributed by atoms with E-state index in [0.717, 1.165) is 42.6 Å². The first kappa shape index (κ1) is 25.7. The number of amides is 1. The number of nitrogens with zero attached hydrogens (tertiary/aromatic N) is 3. The van der Waals surface area contributed by atoms with Crippen LogP contribution in [-0.4, -0.2) is 47.5 Å². The monoisotopic (exact) mass is 470 g/mol. The van der Waals surface area contributed by atoms with Gasteiger partial charge in [0.05, 0.1) is 5.69 Å². The lowest BCUT2D eigenvalue weighted by Gasteiger charge is -2.33. The van der Waals surface area contributed by atoms with Crippen LogP contribution in [0.4, 0.5) is 5.13 Å². The summed E-state index contributed by atoms with van der Waals surface area (Å²) in [5.41, 5.74) is 3.11. The Balaban J connectivity index is 1.72. The zero-order valence-corrected chi connectivity index (χ0v) is 22.3. The molecule has 33 heavy (non-hydrogen) atoms. The zero-order chi connectivity index (χ0) is 24.2. The Morgan fingerprint density at radius 2 is 1.73 bits per heavy atom. The van der Waals surface area contributed by atoms with E-state index in [1.54, 1.807) is 11.3 Å². The summed E-state index contributed by atoms with van der Waals surface area (Å²) in [5.74, 6) is 0.721. The Bertz CT molecular complexity index is 886. The second-order valence-corrected chi connectivity index (χ2v) is 11.8. The average molecular weight is 471 g/mol. The topological polar surface area (TPSA) is 48.5 Å². The van der Waals surface area contributed by atoms with E-state index in [9.17, 15) is 4.79 Å². The highest BCUT2D eigenvalue weighted by atomic mass is 32.1. The lowest BCUT2D eigenvalue weighted by atomic mass is 9.93. The maximum absolute atomic E-state index is 12.4. The van der Waals surface area contributed by atoms with Crippen LogP contribution < -0.4 is 10.2 Å². The minimum absolute atomic E-state index is 0.0320. The van der Waals surface area contributed by atoms with Crippen LogP contribution >= 0.6 is 11.3 Å². The van der Waals surface area contributed by atoms with Gasteiger partial charge in [-0.05, 0) is 64.2 Å². The molecule has 0 unspecified atom stereocenters. The zero-order valence-electron chi connectivity index (χ0n) is 21.5. The molecule has 5 nitrogen and oxygen atoms in total. The normalized spacial score (nSPS) is 14.4. The van der Waals surface area contributed by atoms with E-state index in [4.69, 9.17) is 4.98 Å². The molecule has 1 aliphatic rings. The molecule has 1 aliphatic carbocycles. The summed E-state index contributed by atoms with van der Waals surface area (Å²) in [5, 5.41) is 6.32. The quantitative estimate of drug-likeness (QED) is 0.457. The third-order valence-corrected chi connectivity index (χ3v) is 7.22. The first-order chi connectivity index (χ1) is 15.5. The molecule has 0 aliphatic heterocycles. The molecule has 1 N–H and O–H groups in total. The van der Waals surface area contributed by atoms with Gasteiger partial charge in [0.15, 0.2) is 5.13 Å². The molecule has 1 saturated carbocycles. The van der Waals surface area contributed by atoms with Crippen molar-refractivity contribution in [3.05, 3.63) is 46.5 Å². The Kier molecular flexibility index (Phi) is 8.57. The van der Waals surface area contributed by atoms with Crippen LogP contribution in [-0.2, 0) is 12.0 Å². The predicted octanol–water partition coefficient (Wildman–Crippen LogP) is 5.71. The molecule has 3 rings (SSSR count). The first-order valence-corrected chi connectivity index (χ1v) is 13.3. The number of nitrogens with one attached hydrogen (secondary N) is 1. The van der Waals surface area contributed by atoms with E-state index in [-0.39, 0.29) is 11.3 Å². The maximum atomic E-state index is 12.4. The highest BCUT2D eigenvalue weighted by molar-refractivity contribution is 7.13. The van der Waals surface area contributed by atoms with Crippen LogP contribution in [0.15, 0.2) is 29.6 Å². The van der Waals surface area contributed by atoms with Gasteiger partial charge < -0.3 is 10.2 Å². The van der Waals surface area contributed by atoms with Gasteiger partial charge in [-0.25, -0.2) is 4.98 Å². The van der Waals surface area contributed by atoms with Crippen LogP contribution in [0.5, 0.6) is 0 Å². The maximum Gasteiger partial charge on any atom is 0.251 e. The Morgan fingerprint density at radius 1 is 1.09 bits per heavy atom. The Morgan fingerprint density at radius 3 is 2.24 bits per heavy atom. The number of anilines is 1. The molecule has 0 spiro atoms. The van der Waals surface area contributed by atoms with E-state index in [0.29, 0.717) is 18.0 Å². The van der Waals surface area contributed by atoms with Crippen molar-refractivity contribution < 1.29 is 4.79 Å². The van der Waals surface area contributed by atoms with Crippen molar-refractivity contribution in [3.8, 4) is 0 Å². The lowest BCUT2D eigenvalue weighted by Crippen LogP contribution is -2.42. The molecule has 1 amide bonds. The van der Waals surface area contributed by atoms with Gasteiger partial charge >= 0.3 is 0 Å². The molecule has 0 atom stereocenters. The van der Waals surface area contributed by atoms with E-state index < -0.39 is 0 Å². The third-order valence-electron chi connectivity index (χ3n) is 6.32. The highest BCUT2D eigenvalue weighted by Crippen LogP contribution is 2.30. The molecule has 1 heterocycles. The number of hydrogen-bond acceptors (Lipinski definition) is 5. The van der Waals surface area contributed by atoms with Crippen molar-refractivity contribution in [2.75, 3.05) is 24.5 Å². The number of benzene rings is 1. The van der Waals surface area contributed by atoms with Crippen LogP contribution in [0.3, 0.4) is 0 Å². The number of aromatic nitrogens is 1. The summed E-state index contributed by atoms with van der Waals surface area (Å²) in [6.07, 6.45) is 2.49. The molecule has 0 saturated heterocycles. The summed E-state index contributed by atoms with van der Waals surface area (Å²) in [6.45, 7) is 19.2. The number of rotatable bonds is 11. The molecular weight excluding hydrogens is 428 g/mol. The lowest BCUT2D eigenvalue weighted by molar-refractivity contribution is 0.0952. The van der Waals surface area contributed by atoms with Gasteiger partial charge in [0.25, 0.3) is 5.91 Å². The molecule has 1 fully saturated rings. The van der Waals surface area contributed by atoms with Gasteiger partial charge in [0.2, 0.25) is 0 Å². The second-order valence-electron chi connectivity index (χ2n) is 11.0. The number of hydrogen-bond donors (Lipinski definition) is 1. The number of carbonyl (C=O) groups is 1. The van der Waals surface area contributed by atoms with Gasteiger partial charge in [-0.3, -0.25) is 9.69 Å². The van der Waals surface area contributed by atoms with E-state index >= 15 is 0 Å². The Labute approximate surface area is 204 Å². The van der Waals surface area contributed by atoms with Crippen molar-refractivity contribution in [2.24, 2.45) is 5.92 Å². The van der Waals surface area contributed by atoms with Crippen molar-refractivity contribution in [1.29, 1.82) is 0 Å². The summed E-state index contributed by atoms with van der Waals surface area (Å²) in [6, 6.07) is 9.07. The van der Waals surface area contributed by atoms with Crippen LogP contribution in [0.1, 0.15) is 82.9 Å². The molecule has 0 radical (unpaired) electrons. The summed E-state index contributed by atoms with van der Waals surface area (Å²) in [4.78, 5) is 22.3. The number of carbonyl (C=O) groups excluding carboxylic acids is 1. The third kappa shape index (κ3) is 7.54. The van der Waals surface area contributed by atoms with Crippen molar-refractivity contribution in [1.82, 2.24) is 15.2 Å². The molecular formula is C27H42N4OS. The second kappa shape index (κ2) is 11.0. The van der Waals surface area contributed by atoms with Crippen LogP contribution in [0.2, 0.25) is 0 Å². The molecule has 2 aromatic rings. The van der Waals surface area contributed by atoms with E-state index in [1.807, 2.05) is 12.1 Å². The van der Waals surface area contributed by atoms with Crippen molar-refractivity contribution in [3.63, 3.8) is 0 Å². The minimum Gasteiger partial charge on any atom is -0.352 e. The Hall–Kier alpha value is -1.92. The fraction of sp³-hybridized carbons (Fsp3) is 0.630. The average Bonchev–Trinajstić information content (AvgIpc) is 3.43. The smallest absolute Gasteiger partial charge is 0.251 e. The van der Waals surface area contributed by atoms with Gasteiger partial charge in [0.1, 0.15) is 0 Å². The molecule has 182 valence electrons. The molecule has 0 bridgehead atoms. The fourth-order valence-corrected chi connectivity index (χ4v) is 5.07. The first-order valence-electron chi connectivity index (χ1n) is 12.4. The summed E-state index contributed by atoms with van der Waals surface area (Å²) < 4.78 is 0. The minimum atomic E-state index is 0.0320. The van der Waals surface area contributed by atoms with E-state index in [2.05, 4.69) is 81.1 Å². The SMILES string of the molecule is CC(C)N(CCN(Cc1ccc(C(=O)NCC2CC2)cc1)c1nc(C(C)(C)C)cs1)C(C)C. The molecule has 1 aromatic carbocycles. The predicted molar refractivity (Wildman–Crippen MR) is 140 cm³/mol. The van der Waals surface area contributed by atoms with Gasteiger partial charge in [0, 0.05) is 54.6 Å². The summed E-state index contributed by atoms with van der Waals surface area (Å²) >= 11 is 1.73. The summed E-state index contributed by atoms with van der Waals surface area (Å²) in [7, 11) is 0. The fourth-order valence-electron chi connectivity index (χ4n) is 3.99. The van der Waals surface area contributed by atoms with E-state index in [1.165, 1.54) is 18.4 Å². The van der Waals surface area contributed by atoms with Crippen LogP contribution in [0, 0.1) is 5.92 Å². The van der Waals surface area contributed by atoms with Gasteiger partial charge in [-0.2, -0.15) is 0 Å². The standard InChI is InChI=1S/C27H42N4OS/c1-19(2)31(20(3)4)15-14-30(26-29-24(18-33-26)27(5,6)7)17-22-10-12-23(13-11-22)25(32)28-16-21-8-9-21/h10-13,18-21H,8-9,14-17H2,1-7H3,(H,28,32). The van der Waals surface area contributed by atoms with Crippen molar-refractivity contribution >= 4 is 22.4 Å². The van der Waals surface area contributed by atoms with Crippen LogP contribution in [0.25, 0.3) is 0 Å². The van der Waals surface area contributed by atoms with Gasteiger partial charge in [-0.15, -0.1) is 11.3 Å². The molecule has 6 heteroatoms. The van der Waals surface area contributed by atoms with Crippen molar-refractivity contribution in [2.45, 2.75) is 85.4 Å².